The Labute approximate surface area is 176 Å². The average molecular weight is 456 g/mol. The van der Waals surface area contributed by atoms with E-state index in [4.69, 9.17) is 9.47 Å². The maximum absolute atomic E-state index is 13.1. The number of aryl methyl sites for hydroxylation is 1. The van der Waals surface area contributed by atoms with Gasteiger partial charge in [-0.1, -0.05) is 24.2 Å². The molecule has 1 N–H and O–H groups in total. The molecule has 11 heteroatoms. The Morgan fingerprint density at radius 2 is 1.68 bits per heavy atom. The molecule has 0 saturated carbocycles. The van der Waals surface area contributed by atoms with Crippen molar-refractivity contribution in [3.8, 4) is 22.8 Å². The highest BCUT2D eigenvalue weighted by Gasteiger charge is 2.36. The molecule has 0 aliphatic rings. The number of methoxy groups -OCH3 is 2. The lowest BCUT2D eigenvalue weighted by molar-refractivity contribution is -0.155. The third-order valence-corrected chi connectivity index (χ3v) is 5.89. The van der Waals surface area contributed by atoms with Crippen molar-refractivity contribution in [2.24, 2.45) is 0 Å². The summed E-state index contributed by atoms with van der Waals surface area (Å²) >= 11 is 0. The first-order valence-corrected chi connectivity index (χ1v) is 10.5. The van der Waals surface area contributed by atoms with Crippen LogP contribution in [0.3, 0.4) is 0 Å². The number of alkyl halides is 3. The fraction of sp³-hybridized carbons (Fsp3) is 0.250. The van der Waals surface area contributed by atoms with Crippen molar-refractivity contribution in [1.82, 2.24) is 5.16 Å². The van der Waals surface area contributed by atoms with Crippen molar-refractivity contribution in [3.05, 3.63) is 53.8 Å². The predicted octanol–water partition coefficient (Wildman–Crippen LogP) is 4.74. The number of hydrogen-bond acceptors (Lipinski definition) is 6. The minimum atomic E-state index is -4.70. The molecule has 3 rings (SSSR count). The Hall–Kier alpha value is -3.21. The molecule has 0 atom stereocenters. The molecule has 0 unspecified atom stereocenters. The molecule has 1 aromatic heterocycles. The summed E-state index contributed by atoms with van der Waals surface area (Å²) in [5, 5.41) is 3.42. The lowest BCUT2D eigenvalue weighted by atomic mass is 10.1. The van der Waals surface area contributed by atoms with Gasteiger partial charge in [0.2, 0.25) is 5.76 Å². The highest BCUT2D eigenvalue weighted by molar-refractivity contribution is 7.92. The third kappa shape index (κ3) is 4.93. The molecule has 0 bridgehead atoms. The number of benzene rings is 2. The first-order valence-electron chi connectivity index (χ1n) is 9.00. The molecule has 7 nitrogen and oxygen atoms in total. The fourth-order valence-electron chi connectivity index (χ4n) is 2.88. The van der Waals surface area contributed by atoms with Crippen molar-refractivity contribution >= 4 is 15.7 Å². The van der Waals surface area contributed by atoms with Crippen molar-refractivity contribution in [1.29, 1.82) is 0 Å². The largest absolute Gasteiger partial charge is 0.497 e. The summed E-state index contributed by atoms with van der Waals surface area (Å²) in [5.41, 5.74) is 0.713. The van der Waals surface area contributed by atoms with Crippen LogP contribution in [0.2, 0.25) is 0 Å². The SMILES string of the molecule is CCc1ccc(-c2cc(C(F)(F)F)on2)cc1S(=O)(=O)Nc1cc(OC)cc(OC)c1. The number of nitrogens with zero attached hydrogens (tertiary/aromatic N) is 1. The van der Waals surface area contributed by atoms with Crippen LogP contribution in [-0.4, -0.2) is 27.8 Å². The van der Waals surface area contributed by atoms with Gasteiger partial charge in [0.25, 0.3) is 10.0 Å². The summed E-state index contributed by atoms with van der Waals surface area (Å²) < 4.78 is 81.7. The summed E-state index contributed by atoms with van der Waals surface area (Å²) in [5.74, 6) is -0.513. The molecule has 0 aliphatic carbocycles. The summed E-state index contributed by atoms with van der Waals surface area (Å²) in [6, 6.07) is 9.53. The van der Waals surface area contributed by atoms with Crippen LogP contribution in [0, 0.1) is 0 Å². The van der Waals surface area contributed by atoms with E-state index in [0.717, 1.165) is 6.07 Å². The van der Waals surface area contributed by atoms with E-state index < -0.39 is 22.0 Å². The molecule has 31 heavy (non-hydrogen) atoms. The second-order valence-corrected chi connectivity index (χ2v) is 8.11. The normalized spacial score (nSPS) is 11.9. The lowest BCUT2D eigenvalue weighted by Gasteiger charge is -2.14. The molecule has 1 heterocycles. The second-order valence-electron chi connectivity index (χ2n) is 6.46. The van der Waals surface area contributed by atoms with Gasteiger partial charge in [-0.2, -0.15) is 13.2 Å². The van der Waals surface area contributed by atoms with E-state index in [0.29, 0.717) is 23.5 Å². The van der Waals surface area contributed by atoms with Crippen molar-refractivity contribution < 1.29 is 35.6 Å². The van der Waals surface area contributed by atoms with Crippen LogP contribution in [0.4, 0.5) is 18.9 Å². The lowest BCUT2D eigenvalue weighted by Crippen LogP contribution is -2.15. The number of sulfonamides is 1. The second kappa shape index (κ2) is 8.50. The van der Waals surface area contributed by atoms with Gasteiger partial charge in [-0.25, -0.2) is 8.42 Å². The molecule has 0 spiro atoms. The fourth-order valence-corrected chi connectivity index (χ4v) is 4.26. The number of halogens is 3. The van der Waals surface area contributed by atoms with E-state index in [1.165, 1.54) is 44.6 Å². The Kier molecular flexibility index (Phi) is 6.16. The van der Waals surface area contributed by atoms with Gasteiger partial charge in [0.15, 0.2) is 0 Å². The van der Waals surface area contributed by atoms with Crippen LogP contribution >= 0.6 is 0 Å². The minimum Gasteiger partial charge on any atom is -0.497 e. The van der Waals surface area contributed by atoms with E-state index in [1.54, 1.807) is 13.0 Å². The monoisotopic (exact) mass is 456 g/mol. The van der Waals surface area contributed by atoms with Gasteiger partial charge >= 0.3 is 6.18 Å². The van der Waals surface area contributed by atoms with Gasteiger partial charge in [-0.15, -0.1) is 0 Å². The average Bonchev–Trinajstić information content (AvgIpc) is 3.23. The van der Waals surface area contributed by atoms with Gasteiger partial charge in [-0.3, -0.25) is 4.72 Å². The Bertz CT molecular complexity index is 1170. The van der Waals surface area contributed by atoms with E-state index in [9.17, 15) is 21.6 Å². The third-order valence-electron chi connectivity index (χ3n) is 4.43. The molecule has 0 saturated heterocycles. The number of anilines is 1. The highest BCUT2D eigenvalue weighted by Crippen LogP contribution is 2.34. The summed E-state index contributed by atoms with van der Waals surface area (Å²) in [6.07, 6.45) is -4.32. The smallest absolute Gasteiger partial charge is 0.452 e. The van der Waals surface area contributed by atoms with Gasteiger partial charge in [0, 0.05) is 29.8 Å². The van der Waals surface area contributed by atoms with Crippen molar-refractivity contribution in [2.75, 3.05) is 18.9 Å². The molecule has 166 valence electrons. The number of aromatic nitrogens is 1. The maximum Gasteiger partial charge on any atom is 0.452 e. The van der Waals surface area contributed by atoms with Gasteiger partial charge in [-0.05, 0) is 18.1 Å². The molecule has 0 fully saturated rings. The summed E-state index contributed by atoms with van der Waals surface area (Å²) in [6.45, 7) is 1.76. The van der Waals surface area contributed by atoms with Crippen LogP contribution in [0.1, 0.15) is 18.2 Å². The molecule has 0 aliphatic heterocycles. The highest BCUT2D eigenvalue weighted by atomic mass is 32.2. The van der Waals surface area contributed by atoms with Crippen molar-refractivity contribution in [3.63, 3.8) is 0 Å². The maximum atomic E-state index is 13.1. The zero-order chi connectivity index (χ0) is 22.8. The molecule has 0 amide bonds. The van der Waals surface area contributed by atoms with Crippen LogP contribution in [-0.2, 0) is 22.6 Å². The minimum absolute atomic E-state index is 0.0918. The Morgan fingerprint density at radius 3 is 2.19 bits per heavy atom. The van der Waals surface area contributed by atoms with E-state index in [-0.39, 0.29) is 21.8 Å². The zero-order valence-electron chi connectivity index (χ0n) is 16.8. The van der Waals surface area contributed by atoms with Gasteiger partial charge in [0.05, 0.1) is 24.8 Å². The molecular weight excluding hydrogens is 437 g/mol. The van der Waals surface area contributed by atoms with Gasteiger partial charge in [0.1, 0.15) is 17.2 Å². The topological polar surface area (TPSA) is 90.7 Å². The van der Waals surface area contributed by atoms with Crippen LogP contribution in [0.25, 0.3) is 11.3 Å². The number of rotatable bonds is 7. The predicted molar refractivity (Wildman–Crippen MR) is 107 cm³/mol. The molecular formula is C20H19F3N2O5S. The number of hydrogen-bond donors (Lipinski definition) is 1. The van der Waals surface area contributed by atoms with Crippen LogP contribution < -0.4 is 14.2 Å². The van der Waals surface area contributed by atoms with Crippen molar-refractivity contribution in [2.45, 2.75) is 24.4 Å². The summed E-state index contributed by atoms with van der Waals surface area (Å²) in [7, 11) is -1.24. The molecule has 0 radical (unpaired) electrons. The van der Waals surface area contributed by atoms with Crippen LogP contribution in [0.15, 0.2) is 51.9 Å². The first kappa shape index (κ1) is 22.5. The van der Waals surface area contributed by atoms with Gasteiger partial charge < -0.3 is 14.0 Å². The van der Waals surface area contributed by atoms with E-state index in [2.05, 4.69) is 14.4 Å². The Balaban J connectivity index is 2.02. The van der Waals surface area contributed by atoms with E-state index in [1.807, 2.05) is 0 Å². The van der Waals surface area contributed by atoms with Crippen LogP contribution in [0.5, 0.6) is 11.5 Å². The number of ether oxygens (including phenoxy) is 2. The summed E-state index contributed by atoms with van der Waals surface area (Å²) in [4.78, 5) is -0.0918. The Morgan fingerprint density at radius 1 is 1.03 bits per heavy atom. The number of nitrogens with one attached hydrogen (secondary N) is 1. The van der Waals surface area contributed by atoms with E-state index >= 15 is 0 Å². The quantitative estimate of drug-likeness (QED) is 0.552. The molecule has 3 aromatic rings. The first-order chi connectivity index (χ1) is 14.6. The standard InChI is InChI=1S/C20H19F3N2O5S/c1-4-12-5-6-13(17-11-19(30-24-17)20(21,22)23)7-18(12)31(26,27)25-14-8-15(28-2)10-16(9-14)29-3/h5-11,25H,4H2,1-3H3. The molecule has 2 aromatic carbocycles. The zero-order valence-corrected chi connectivity index (χ0v) is 17.6.